The number of fused-ring (bicyclic) bond motifs is 1. The first-order chi connectivity index (χ1) is 14.2. The predicted octanol–water partition coefficient (Wildman–Crippen LogP) is 2.71. The summed E-state index contributed by atoms with van der Waals surface area (Å²) >= 11 is 0. The molecule has 0 fully saturated rings. The molecule has 9 heteroatoms. The van der Waals surface area contributed by atoms with Crippen LogP contribution in [0.4, 0.5) is 5.69 Å². The zero-order chi connectivity index (χ0) is 21.9. The molecular formula is C21H23N3O5S. The number of benzene rings is 2. The van der Waals surface area contributed by atoms with Gasteiger partial charge in [-0.1, -0.05) is 24.3 Å². The van der Waals surface area contributed by atoms with E-state index in [2.05, 4.69) is 5.32 Å². The standard InChI is InChI=1S/C21H23N3O5S/c1-4-24-13-18(17-10-5-6-11-19(17)24)21(26)29-14-20(25)22-15-8-7-9-16(12-15)30(27,28)23(2)3/h5-13H,4,14H2,1-3H3,(H,22,25). The molecule has 0 bridgehead atoms. The van der Waals surface area contributed by atoms with Crippen LogP contribution in [-0.4, -0.2) is 49.9 Å². The fourth-order valence-electron chi connectivity index (χ4n) is 3.02. The van der Waals surface area contributed by atoms with Crippen molar-refractivity contribution >= 4 is 38.5 Å². The normalized spacial score (nSPS) is 11.6. The summed E-state index contributed by atoms with van der Waals surface area (Å²) in [6.45, 7) is 2.18. The Kier molecular flexibility index (Phi) is 6.23. The first kappa shape index (κ1) is 21.5. The molecule has 0 aliphatic carbocycles. The van der Waals surface area contributed by atoms with Crippen molar-refractivity contribution in [1.82, 2.24) is 8.87 Å². The predicted molar refractivity (Wildman–Crippen MR) is 114 cm³/mol. The number of hydrogen-bond acceptors (Lipinski definition) is 5. The molecule has 0 unspecified atom stereocenters. The second kappa shape index (κ2) is 8.68. The molecule has 3 aromatic rings. The zero-order valence-corrected chi connectivity index (χ0v) is 17.8. The van der Waals surface area contributed by atoms with Gasteiger partial charge < -0.3 is 14.6 Å². The number of rotatable bonds is 7. The van der Waals surface area contributed by atoms with Gasteiger partial charge in [0.2, 0.25) is 10.0 Å². The van der Waals surface area contributed by atoms with E-state index in [0.717, 1.165) is 15.2 Å². The van der Waals surface area contributed by atoms with Gasteiger partial charge in [-0.3, -0.25) is 4.79 Å². The van der Waals surface area contributed by atoms with E-state index in [9.17, 15) is 18.0 Å². The molecular weight excluding hydrogens is 406 g/mol. The fourth-order valence-corrected chi connectivity index (χ4v) is 3.97. The lowest BCUT2D eigenvalue weighted by molar-refractivity contribution is -0.119. The third-order valence-electron chi connectivity index (χ3n) is 4.58. The third-order valence-corrected chi connectivity index (χ3v) is 6.39. The molecule has 2 aromatic carbocycles. The van der Waals surface area contributed by atoms with Crippen LogP contribution < -0.4 is 5.32 Å². The van der Waals surface area contributed by atoms with Crippen molar-refractivity contribution in [3.8, 4) is 0 Å². The maximum Gasteiger partial charge on any atom is 0.340 e. The van der Waals surface area contributed by atoms with Gasteiger partial charge in [0.25, 0.3) is 5.91 Å². The molecule has 0 saturated heterocycles. The van der Waals surface area contributed by atoms with Crippen molar-refractivity contribution in [2.75, 3.05) is 26.0 Å². The number of aromatic nitrogens is 1. The molecule has 0 aliphatic rings. The lowest BCUT2D eigenvalue weighted by atomic mass is 10.2. The number of amides is 1. The average molecular weight is 429 g/mol. The number of nitrogens with one attached hydrogen (secondary N) is 1. The van der Waals surface area contributed by atoms with Gasteiger partial charge in [-0.2, -0.15) is 0 Å². The number of hydrogen-bond donors (Lipinski definition) is 1. The first-order valence-corrected chi connectivity index (χ1v) is 10.8. The smallest absolute Gasteiger partial charge is 0.340 e. The van der Waals surface area contributed by atoms with Crippen molar-refractivity contribution in [1.29, 1.82) is 0 Å². The zero-order valence-electron chi connectivity index (χ0n) is 17.0. The van der Waals surface area contributed by atoms with Gasteiger partial charge in [-0.15, -0.1) is 0 Å². The number of nitrogens with zero attached hydrogens (tertiary/aromatic N) is 2. The van der Waals surface area contributed by atoms with Crippen LogP contribution in [-0.2, 0) is 26.1 Å². The molecule has 0 saturated carbocycles. The first-order valence-electron chi connectivity index (χ1n) is 9.31. The number of ether oxygens (including phenoxy) is 1. The Hall–Kier alpha value is -3.17. The number of para-hydroxylation sites is 1. The largest absolute Gasteiger partial charge is 0.452 e. The Labute approximate surface area is 175 Å². The molecule has 30 heavy (non-hydrogen) atoms. The van der Waals surface area contributed by atoms with Crippen molar-refractivity contribution in [3.05, 3.63) is 60.3 Å². The summed E-state index contributed by atoms with van der Waals surface area (Å²) < 4.78 is 32.6. The molecule has 158 valence electrons. The number of anilines is 1. The van der Waals surface area contributed by atoms with Gasteiger partial charge in [-0.25, -0.2) is 17.5 Å². The summed E-state index contributed by atoms with van der Waals surface area (Å²) in [7, 11) is -0.771. The molecule has 1 heterocycles. The van der Waals surface area contributed by atoms with E-state index in [1.165, 1.54) is 32.3 Å². The van der Waals surface area contributed by atoms with Crippen LogP contribution in [0.2, 0.25) is 0 Å². The molecule has 3 rings (SSSR count). The van der Waals surface area contributed by atoms with E-state index in [0.29, 0.717) is 17.8 Å². The van der Waals surface area contributed by atoms with Gasteiger partial charge in [0.05, 0.1) is 10.5 Å². The van der Waals surface area contributed by atoms with Gasteiger partial charge in [0.1, 0.15) is 0 Å². The van der Waals surface area contributed by atoms with E-state index in [1.54, 1.807) is 12.3 Å². The summed E-state index contributed by atoms with van der Waals surface area (Å²) in [5, 5.41) is 3.31. The Balaban J connectivity index is 1.68. The van der Waals surface area contributed by atoms with Crippen molar-refractivity contribution < 1.29 is 22.7 Å². The van der Waals surface area contributed by atoms with Crippen molar-refractivity contribution in [3.63, 3.8) is 0 Å². The second-order valence-electron chi connectivity index (χ2n) is 6.79. The molecule has 0 atom stereocenters. The molecule has 0 aliphatic heterocycles. The second-order valence-corrected chi connectivity index (χ2v) is 8.94. The highest BCUT2D eigenvalue weighted by molar-refractivity contribution is 7.89. The highest BCUT2D eigenvalue weighted by Crippen LogP contribution is 2.22. The Morgan fingerprint density at radius 3 is 2.53 bits per heavy atom. The van der Waals surface area contributed by atoms with Gasteiger partial charge in [-0.05, 0) is 31.2 Å². The quantitative estimate of drug-likeness (QED) is 0.583. The third kappa shape index (κ3) is 4.37. The number of esters is 1. The minimum Gasteiger partial charge on any atom is -0.452 e. The lowest BCUT2D eigenvalue weighted by Crippen LogP contribution is -2.23. The van der Waals surface area contributed by atoms with Crippen LogP contribution in [0.3, 0.4) is 0 Å². The molecule has 1 aromatic heterocycles. The van der Waals surface area contributed by atoms with E-state index < -0.39 is 28.5 Å². The van der Waals surface area contributed by atoms with E-state index in [4.69, 9.17) is 4.74 Å². The highest BCUT2D eigenvalue weighted by Gasteiger charge is 2.19. The average Bonchev–Trinajstić information content (AvgIpc) is 3.11. The van der Waals surface area contributed by atoms with Crippen molar-refractivity contribution in [2.24, 2.45) is 0 Å². The highest BCUT2D eigenvalue weighted by atomic mass is 32.2. The van der Waals surface area contributed by atoms with Crippen LogP contribution in [0.5, 0.6) is 0 Å². The van der Waals surface area contributed by atoms with Crippen LogP contribution in [0.15, 0.2) is 59.6 Å². The van der Waals surface area contributed by atoms with Crippen LogP contribution in [0.25, 0.3) is 10.9 Å². The topological polar surface area (TPSA) is 97.7 Å². The van der Waals surface area contributed by atoms with Crippen LogP contribution in [0.1, 0.15) is 17.3 Å². The summed E-state index contributed by atoms with van der Waals surface area (Å²) in [4.78, 5) is 24.8. The lowest BCUT2D eigenvalue weighted by Gasteiger charge is -2.12. The van der Waals surface area contributed by atoms with E-state index in [-0.39, 0.29) is 4.90 Å². The SMILES string of the molecule is CCn1cc(C(=O)OCC(=O)Nc2cccc(S(=O)(=O)N(C)C)c2)c2ccccc21. The monoisotopic (exact) mass is 429 g/mol. The molecule has 1 N–H and O–H groups in total. The number of carbonyl (C=O) groups is 2. The number of aryl methyl sites for hydroxylation is 1. The van der Waals surface area contributed by atoms with Crippen molar-refractivity contribution in [2.45, 2.75) is 18.4 Å². The summed E-state index contributed by atoms with van der Waals surface area (Å²) in [5.74, 6) is -1.17. The van der Waals surface area contributed by atoms with Crippen LogP contribution in [0, 0.1) is 0 Å². The molecule has 0 spiro atoms. The fraction of sp³-hybridized carbons (Fsp3) is 0.238. The maximum absolute atomic E-state index is 12.5. The molecule has 1 amide bonds. The van der Waals surface area contributed by atoms with E-state index in [1.807, 2.05) is 35.8 Å². The number of sulfonamides is 1. The summed E-state index contributed by atoms with van der Waals surface area (Å²) in [5.41, 5.74) is 1.59. The Morgan fingerprint density at radius 2 is 1.83 bits per heavy atom. The summed E-state index contributed by atoms with van der Waals surface area (Å²) in [6.07, 6.45) is 1.71. The molecule has 0 radical (unpaired) electrons. The maximum atomic E-state index is 12.5. The summed E-state index contributed by atoms with van der Waals surface area (Å²) in [6, 6.07) is 13.3. The van der Waals surface area contributed by atoms with Gasteiger partial charge in [0, 0.05) is 43.4 Å². The van der Waals surface area contributed by atoms with Gasteiger partial charge in [0.15, 0.2) is 6.61 Å². The van der Waals surface area contributed by atoms with Gasteiger partial charge >= 0.3 is 5.97 Å². The van der Waals surface area contributed by atoms with E-state index >= 15 is 0 Å². The van der Waals surface area contributed by atoms with Crippen LogP contribution >= 0.6 is 0 Å². The Morgan fingerprint density at radius 1 is 1.10 bits per heavy atom. The molecule has 8 nitrogen and oxygen atoms in total. The minimum atomic E-state index is -3.62. The number of carbonyl (C=O) groups excluding carboxylic acids is 2. The Bertz CT molecular complexity index is 1200. The minimum absolute atomic E-state index is 0.0506.